The Labute approximate surface area is 188 Å². The number of fused-ring (bicyclic) bond motifs is 3. The van der Waals surface area contributed by atoms with Crippen LogP contribution < -0.4 is 5.69 Å². The number of H-pyrrole nitrogens is 1. The molecule has 2 aromatic heterocycles. The Bertz CT molecular complexity index is 1280. The maximum absolute atomic E-state index is 13.2. The van der Waals surface area contributed by atoms with Crippen LogP contribution in [0.15, 0.2) is 47.3 Å². The molecule has 1 fully saturated rings. The van der Waals surface area contributed by atoms with Gasteiger partial charge in [-0.25, -0.2) is 9.78 Å². The Morgan fingerprint density at radius 3 is 2.62 bits per heavy atom. The minimum atomic E-state index is -0.142. The average Bonchev–Trinajstić information content (AvgIpc) is 3.19. The summed E-state index contributed by atoms with van der Waals surface area (Å²) in [4.78, 5) is 35.4. The number of hydrogen-bond acceptors (Lipinski definition) is 3. The highest BCUT2D eigenvalue weighted by Crippen LogP contribution is 2.40. The van der Waals surface area contributed by atoms with E-state index in [-0.39, 0.29) is 29.1 Å². The van der Waals surface area contributed by atoms with Crippen molar-refractivity contribution < 1.29 is 4.79 Å². The minimum absolute atomic E-state index is 0.0805. The average molecular weight is 431 g/mol. The molecule has 2 aliphatic rings. The van der Waals surface area contributed by atoms with Crippen molar-refractivity contribution >= 4 is 22.6 Å². The molecule has 4 heterocycles. The molecule has 2 unspecified atom stereocenters. The Hall–Kier alpha value is -3.15. The second-order valence-electron chi connectivity index (χ2n) is 10.4. The molecule has 6 heteroatoms. The van der Waals surface area contributed by atoms with Gasteiger partial charge in [0.25, 0.3) is 5.91 Å². The molecule has 1 saturated heterocycles. The monoisotopic (exact) mass is 430 g/mol. The lowest BCUT2D eigenvalue weighted by atomic mass is 9.87. The van der Waals surface area contributed by atoms with Crippen LogP contribution in [0.4, 0.5) is 0 Å². The van der Waals surface area contributed by atoms with Crippen LogP contribution in [0.5, 0.6) is 0 Å². The zero-order valence-electron chi connectivity index (χ0n) is 19.2. The molecule has 1 amide bonds. The van der Waals surface area contributed by atoms with Crippen molar-refractivity contribution in [2.24, 2.45) is 12.5 Å². The van der Waals surface area contributed by atoms with Gasteiger partial charge in [0.2, 0.25) is 0 Å². The number of aromatic nitrogens is 3. The summed E-state index contributed by atoms with van der Waals surface area (Å²) in [6.45, 7) is 6.60. The van der Waals surface area contributed by atoms with Gasteiger partial charge in [-0.1, -0.05) is 45.0 Å². The van der Waals surface area contributed by atoms with Crippen molar-refractivity contribution in [1.82, 2.24) is 19.4 Å². The Morgan fingerprint density at radius 2 is 1.94 bits per heavy atom. The molecule has 166 valence electrons. The lowest BCUT2D eigenvalue weighted by molar-refractivity contribution is 0.0692. The predicted molar refractivity (Wildman–Crippen MR) is 127 cm³/mol. The van der Waals surface area contributed by atoms with Gasteiger partial charge >= 0.3 is 5.69 Å². The van der Waals surface area contributed by atoms with E-state index < -0.39 is 0 Å². The van der Waals surface area contributed by atoms with Crippen LogP contribution in [-0.2, 0) is 13.5 Å². The van der Waals surface area contributed by atoms with Crippen LogP contribution in [0, 0.1) is 5.41 Å². The number of amides is 1. The highest BCUT2D eigenvalue weighted by Gasteiger charge is 2.40. The molecular formula is C26H30N4O2. The van der Waals surface area contributed by atoms with E-state index in [1.54, 1.807) is 11.6 Å². The third kappa shape index (κ3) is 3.57. The van der Waals surface area contributed by atoms with E-state index in [0.29, 0.717) is 5.65 Å². The zero-order chi connectivity index (χ0) is 22.6. The number of nitrogens with one attached hydrogen (secondary N) is 1. The van der Waals surface area contributed by atoms with Crippen LogP contribution in [0.25, 0.3) is 16.7 Å². The van der Waals surface area contributed by atoms with E-state index in [1.807, 2.05) is 30.3 Å². The molecule has 2 aliphatic heterocycles. The molecule has 2 atom stereocenters. The number of carbonyl (C=O) groups excluding carboxylic acids is 1. The van der Waals surface area contributed by atoms with Crippen molar-refractivity contribution in [1.29, 1.82) is 0 Å². The van der Waals surface area contributed by atoms with Gasteiger partial charge in [0, 0.05) is 18.7 Å². The van der Waals surface area contributed by atoms with Gasteiger partial charge in [0.15, 0.2) is 5.65 Å². The molecular weight excluding hydrogens is 400 g/mol. The normalized spacial score (nSPS) is 20.6. The van der Waals surface area contributed by atoms with Crippen LogP contribution in [0.3, 0.4) is 0 Å². The first kappa shape index (κ1) is 20.7. The maximum Gasteiger partial charge on any atom is 0.327 e. The Balaban J connectivity index is 1.54. The minimum Gasteiger partial charge on any atom is -0.329 e. The summed E-state index contributed by atoms with van der Waals surface area (Å²) in [6, 6.07) is 12.0. The van der Waals surface area contributed by atoms with Crippen LogP contribution in [-0.4, -0.2) is 37.4 Å². The van der Waals surface area contributed by atoms with Crippen molar-refractivity contribution in [3.8, 4) is 0 Å². The van der Waals surface area contributed by atoms with Crippen LogP contribution in [0.2, 0.25) is 0 Å². The second-order valence-corrected chi connectivity index (χ2v) is 10.4. The van der Waals surface area contributed by atoms with E-state index in [4.69, 9.17) is 4.98 Å². The molecule has 0 radical (unpaired) electrons. The largest absolute Gasteiger partial charge is 0.329 e. The molecule has 0 saturated carbocycles. The zero-order valence-corrected chi connectivity index (χ0v) is 19.2. The molecule has 0 aliphatic carbocycles. The van der Waals surface area contributed by atoms with E-state index >= 15 is 0 Å². The summed E-state index contributed by atoms with van der Waals surface area (Å²) in [5.74, 6) is 0.110. The highest BCUT2D eigenvalue weighted by molar-refractivity contribution is 5.95. The SMILES string of the molecule is Cn1c(=O)[nH]c2c(CC(C)(C)C)cc(C3=CC4CCC(C3)N4C(=O)c3ccccc3)nc21. The standard InChI is InChI=1S/C26H30N4O2/c1-26(2,3)15-18-14-21(27-23-22(18)28-25(32)29(23)4)17-12-19-10-11-20(13-17)30(19)24(31)16-8-6-5-7-9-16/h5-9,12,14,19-20H,10-11,13,15H2,1-4H3,(H,28,32). The number of nitrogens with zero attached hydrogens (tertiary/aromatic N) is 3. The quantitative estimate of drug-likeness (QED) is 0.673. The Kier molecular flexibility index (Phi) is 4.84. The summed E-state index contributed by atoms with van der Waals surface area (Å²) in [7, 11) is 1.76. The number of carbonyl (C=O) groups is 1. The number of benzene rings is 1. The van der Waals surface area contributed by atoms with Gasteiger partial charge in [-0.2, -0.15) is 0 Å². The number of rotatable bonds is 3. The number of hydrogen-bond donors (Lipinski definition) is 1. The highest BCUT2D eigenvalue weighted by atomic mass is 16.2. The summed E-state index contributed by atoms with van der Waals surface area (Å²) in [5.41, 5.74) is 5.44. The van der Waals surface area contributed by atoms with Gasteiger partial charge < -0.3 is 9.88 Å². The van der Waals surface area contributed by atoms with Crippen molar-refractivity contribution in [2.75, 3.05) is 0 Å². The Morgan fingerprint density at radius 1 is 1.19 bits per heavy atom. The first-order chi connectivity index (χ1) is 15.2. The van der Waals surface area contributed by atoms with Gasteiger partial charge in [-0.05, 0) is 60.4 Å². The van der Waals surface area contributed by atoms with E-state index in [9.17, 15) is 9.59 Å². The lowest BCUT2D eigenvalue weighted by Gasteiger charge is -2.34. The first-order valence-electron chi connectivity index (χ1n) is 11.4. The summed E-state index contributed by atoms with van der Waals surface area (Å²) < 4.78 is 1.59. The van der Waals surface area contributed by atoms with E-state index in [2.05, 4.69) is 42.8 Å². The predicted octanol–water partition coefficient (Wildman–Crippen LogP) is 4.31. The summed E-state index contributed by atoms with van der Waals surface area (Å²) in [5, 5.41) is 0. The molecule has 32 heavy (non-hydrogen) atoms. The van der Waals surface area contributed by atoms with Crippen molar-refractivity contribution in [3.05, 3.63) is 69.8 Å². The maximum atomic E-state index is 13.2. The van der Waals surface area contributed by atoms with Gasteiger partial charge in [-0.15, -0.1) is 0 Å². The van der Waals surface area contributed by atoms with Crippen LogP contribution in [0.1, 0.15) is 61.6 Å². The summed E-state index contributed by atoms with van der Waals surface area (Å²) >= 11 is 0. The van der Waals surface area contributed by atoms with Gasteiger partial charge in [-0.3, -0.25) is 9.36 Å². The molecule has 2 bridgehead atoms. The third-order valence-corrected chi connectivity index (χ3v) is 6.64. The van der Waals surface area contributed by atoms with Crippen molar-refractivity contribution in [3.63, 3.8) is 0 Å². The summed E-state index contributed by atoms with van der Waals surface area (Å²) in [6.07, 6.45) is 5.85. The van der Waals surface area contributed by atoms with Crippen molar-refractivity contribution in [2.45, 2.75) is 58.5 Å². The smallest absolute Gasteiger partial charge is 0.327 e. The molecule has 0 spiro atoms. The molecule has 1 aromatic carbocycles. The number of imidazole rings is 1. The van der Waals surface area contributed by atoms with Gasteiger partial charge in [0.1, 0.15) is 0 Å². The fourth-order valence-corrected chi connectivity index (χ4v) is 5.19. The van der Waals surface area contributed by atoms with Gasteiger partial charge in [0.05, 0.1) is 17.3 Å². The molecule has 3 aromatic rings. The van der Waals surface area contributed by atoms with E-state index in [1.165, 1.54) is 5.57 Å². The third-order valence-electron chi connectivity index (χ3n) is 6.64. The topological polar surface area (TPSA) is 71.0 Å². The number of aryl methyl sites for hydroxylation is 1. The molecule has 5 rings (SSSR count). The number of pyridine rings is 1. The second kappa shape index (κ2) is 7.47. The fourth-order valence-electron chi connectivity index (χ4n) is 5.19. The molecule has 6 nitrogen and oxygen atoms in total. The first-order valence-corrected chi connectivity index (χ1v) is 11.4. The van der Waals surface area contributed by atoms with E-state index in [0.717, 1.165) is 48.0 Å². The molecule has 1 N–H and O–H groups in total. The fraction of sp³-hybridized carbons (Fsp3) is 0.423. The lowest BCUT2D eigenvalue weighted by Crippen LogP contribution is -2.43. The number of aromatic amines is 1. The van der Waals surface area contributed by atoms with Crippen LogP contribution >= 0.6 is 0 Å².